The second-order valence-corrected chi connectivity index (χ2v) is 4.69. The topological polar surface area (TPSA) is 67.6 Å². The molecule has 104 valence electrons. The van der Waals surface area contributed by atoms with E-state index in [9.17, 15) is 4.79 Å². The summed E-state index contributed by atoms with van der Waals surface area (Å²) in [5.74, 6) is 0.00284. The highest BCUT2D eigenvalue weighted by molar-refractivity contribution is 5.93. The molecule has 0 spiro atoms. The Hall–Kier alpha value is -1.59. The predicted molar refractivity (Wildman–Crippen MR) is 76.0 cm³/mol. The minimum Gasteiger partial charge on any atom is -0.397 e. The van der Waals surface area contributed by atoms with E-state index in [-0.39, 0.29) is 5.91 Å². The Labute approximate surface area is 113 Å². The van der Waals surface area contributed by atoms with Crippen LogP contribution in [-0.4, -0.2) is 43.7 Å². The Balaban J connectivity index is 1.76. The van der Waals surface area contributed by atoms with Crippen LogP contribution in [-0.2, 0) is 9.53 Å². The fourth-order valence-corrected chi connectivity index (χ4v) is 2.10. The molecule has 0 unspecified atom stereocenters. The standard InChI is InChI=1S/C14H21N3O2/c15-12-4-1-2-5-13(12)16-14(18)6-8-17-7-3-10-19-11-9-17/h1-2,4-5H,3,6-11,15H2,(H,16,18). The van der Waals surface area contributed by atoms with Gasteiger partial charge in [-0.1, -0.05) is 12.1 Å². The number of anilines is 2. The summed E-state index contributed by atoms with van der Waals surface area (Å²) in [6, 6.07) is 7.30. The number of ether oxygens (including phenoxy) is 1. The lowest BCUT2D eigenvalue weighted by atomic mass is 10.2. The molecule has 2 rings (SSSR count). The highest BCUT2D eigenvalue weighted by Gasteiger charge is 2.11. The lowest BCUT2D eigenvalue weighted by Crippen LogP contribution is -2.30. The molecule has 1 amide bonds. The molecular weight excluding hydrogens is 242 g/mol. The number of nitrogen functional groups attached to an aromatic ring is 1. The molecule has 5 heteroatoms. The highest BCUT2D eigenvalue weighted by atomic mass is 16.5. The number of nitrogens with two attached hydrogens (primary N) is 1. The number of hydrogen-bond donors (Lipinski definition) is 2. The van der Waals surface area contributed by atoms with E-state index in [1.165, 1.54) is 0 Å². The second kappa shape index (κ2) is 7.11. The van der Waals surface area contributed by atoms with Crippen LogP contribution in [0.5, 0.6) is 0 Å². The fourth-order valence-electron chi connectivity index (χ4n) is 2.10. The molecule has 1 heterocycles. The van der Waals surface area contributed by atoms with Gasteiger partial charge < -0.3 is 20.7 Å². The van der Waals surface area contributed by atoms with E-state index in [0.717, 1.165) is 39.3 Å². The van der Waals surface area contributed by atoms with E-state index in [1.54, 1.807) is 6.07 Å². The zero-order valence-electron chi connectivity index (χ0n) is 11.1. The summed E-state index contributed by atoms with van der Waals surface area (Å²) in [6.45, 7) is 4.25. The maximum atomic E-state index is 11.9. The van der Waals surface area contributed by atoms with Gasteiger partial charge in [0, 0.05) is 32.7 Å². The van der Waals surface area contributed by atoms with Crippen LogP contribution in [0, 0.1) is 0 Å². The maximum absolute atomic E-state index is 11.9. The van der Waals surface area contributed by atoms with Crippen LogP contribution in [0.1, 0.15) is 12.8 Å². The molecule has 1 aromatic rings. The summed E-state index contributed by atoms with van der Waals surface area (Å²) in [7, 11) is 0. The summed E-state index contributed by atoms with van der Waals surface area (Å²) in [4.78, 5) is 14.1. The smallest absolute Gasteiger partial charge is 0.225 e. The quantitative estimate of drug-likeness (QED) is 0.804. The number of rotatable bonds is 4. The van der Waals surface area contributed by atoms with Gasteiger partial charge in [0.25, 0.3) is 0 Å². The largest absolute Gasteiger partial charge is 0.397 e. The van der Waals surface area contributed by atoms with E-state index in [2.05, 4.69) is 10.2 Å². The maximum Gasteiger partial charge on any atom is 0.225 e. The van der Waals surface area contributed by atoms with Crippen molar-refractivity contribution >= 4 is 17.3 Å². The van der Waals surface area contributed by atoms with Gasteiger partial charge in [-0.15, -0.1) is 0 Å². The third kappa shape index (κ3) is 4.54. The summed E-state index contributed by atoms with van der Waals surface area (Å²) < 4.78 is 5.38. The third-order valence-electron chi connectivity index (χ3n) is 3.20. The number of amides is 1. The number of nitrogens with one attached hydrogen (secondary N) is 1. The van der Waals surface area contributed by atoms with Crippen molar-refractivity contribution in [2.45, 2.75) is 12.8 Å². The van der Waals surface area contributed by atoms with Crippen molar-refractivity contribution < 1.29 is 9.53 Å². The molecule has 0 radical (unpaired) electrons. The highest BCUT2D eigenvalue weighted by Crippen LogP contribution is 2.16. The van der Waals surface area contributed by atoms with Crippen molar-refractivity contribution in [2.24, 2.45) is 0 Å². The molecule has 0 bridgehead atoms. The number of carbonyl (C=O) groups excluding carboxylic acids is 1. The van der Waals surface area contributed by atoms with Gasteiger partial charge in [0.1, 0.15) is 0 Å². The minimum atomic E-state index is 0.00284. The molecule has 1 aliphatic rings. The Bertz CT molecular complexity index is 415. The van der Waals surface area contributed by atoms with Gasteiger partial charge in [0.15, 0.2) is 0 Å². The normalized spacial score (nSPS) is 16.8. The molecule has 5 nitrogen and oxygen atoms in total. The van der Waals surface area contributed by atoms with Crippen LogP contribution in [0.25, 0.3) is 0 Å². The second-order valence-electron chi connectivity index (χ2n) is 4.69. The summed E-state index contributed by atoms with van der Waals surface area (Å²) in [5.41, 5.74) is 7.07. The Morgan fingerprint density at radius 1 is 1.32 bits per heavy atom. The van der Waals surface area contributed by atoms with Crippen molar-refractivity contribution in [1.82, 2.24) is 4.90 Å². The average Bonchev–Trinajstić information content (AvgIpc) is 2.68. The van der Waals surface area contributed by atoms with E-state index in [1.807, 2.05) is 18.2 Å². The van der Waals surface area contributed by atoms with Gasteiger partial charge in [0.2, 0.25) is 5.91 Å². The van der Waals surface area contributed by atoms with E-state index in [0.29, 0.717) is 17.8 Å². The van der Waals surface area contributed by atoms with Gasteiger partial charge in [-0.05, 0) is 18.6 Å². The van der Waals surface area contributed by atoms with Gasteiger partial charge >= 0.3 is 0 Å². The first kappa shape index (κ1) is 13.8. The minimum absolute atomic E-state index is 0.00284. The van der Waals surface area contributed by atoms with Gasteiger partial charge in [0.05, 0.1) is 18.0 Å². The lowest BCUT2D eigenvalue weighted by molar-refractivity contribution is -0.116. The molecule has 1 saturated heterocycles. The number of hydrogen-bond acceptors (Lipinski definition) is 4. The zero-order chi connectivity index (χ0) is 13.5. The Kier molecular flexibility index (Phi) is 5.18. The van der Waals surface area contributed by atoms with Gasteiger partial charge in [-0.3, -0.25) is 4.79 Å². The van der Waals surface area contributed by atoms with Crippen molar-refractivity contribution in [3.8, 4) is 0 Å². The Morgan fingerprint density at radius 2 is 2.16 bits per heavy atom. The molecule has 19 heavy (non-hydrogen) atoms. The fraction of sp³-hybridized carbons (Fsp3) is 0.500. The van der Waals surface area contributed by atoms with E-state index < -0.39 is 0 Å². The van der Waals surface area contributed by atoms with Crippen LogP contribution in [0.3, 0.4) is 0 Å². The molecule has 0 aromatic heterocycles. The van der Waals surface area contributed by atoms with Crippen LogP contribution < -0.4 is 11.1 Å². The molecule has 3 N–H and O–H groups in total. The Morgan fingerprint density at radius 3 is 3.00 bits per heavy atom. The number of benzene rings is 1. The van der Waals surface area contributed by atoms with Gasteiger partial charge in [-0.2, -0.15) is 0 Å². The van der Waals surface area contributed by atoms with Crippen LogP contribution in [0.15, 0.2) is 24.3 Å². The van der Waals surface area contributed by atoms with Gasteiger partial charge in [-0.25, -0.2) is 0 Å². The summed E-state index contributed by atoms with van der Waals surface area (Å²) in [6.07, 6.45) is 1.52. The number of carbonyl (C=O) groups is 1. The van der Waals surface area contributed by atoms with Crippen molar-refractivity contribution in [1.29, 1.82) is 0 Å². The molecule has 1 aromatic carbocycles. The number of nitrogens with zero attached hydrogens (tertiary/aromatic N) is 1. The zero-order valence-corrected chi connectivity index (χ0v) is 11.1. The first-order valence-electron chi connectivity index (χ1n) is 6.70. The van der Waals surface area contributed by atoms with E-state index in [4.69, 9.17) is 10.5 Å². The molecular formula is C14H21N3O2. The number of para-hydroxylation sites is 2. The van der Waals surface area contributed by atoms with Crippen LogP contribution in [0.4, 0.5) is 11.4 Å². The lowest BCUT2D eigenvalue weighted by Gasteiger charge is -2.18. The molecule has 0 aliphatic carbocycles. The van der Waals surface area contributed by atoms with Crippen molar-refractivity contribution in [2.75, 3.05) is 43.9 Å². The molecule has 0 saturated carbocycles. The first-order chi connectivity index (χ1) is 9.25. The van der Waals surface area contributed by atoms with Crippen molar-refractivity contribution in [3.63, 3.8) is 0 Å². The first-order valence-corrected chi connectivity index (χ1v) is 6.70. The third-order valence-corrected chi connectivity index (χ3v) is 3.20. The van der Waals surface area contributed by atoms with Crippen molar-refractivity contribution in [3.05, 3.63) is 24.3 Å². The van der Waals surface area contributed by atoms with Crippen LogP contribution >= 0.6 is 0 Å². The molecule has 1 fully saturated rings. The SMILES string of the molecule is Nc1ccccc1NC(=O)CCN1CCCOCC1. The predicted octanol–water partition coefficient (Wildman–Crippen LogP) is 1.32. The molecule has 1 aliphatic heterocycles. The summed E-state index contributed by atoms with van der Waals surface area (Å²) in [5, 5.41) is 2.84. The van der Waals surface area contributed by atoms with Crippen LogP contribution in [0.2, 0.25) is 0 Å². The summed E-state index contributed by atoms with van der Waals surface area (Å²) >= 11 is 0. The average molecular weight is 263 g/mol. The van der Waals surface area contributed by atoms with E-state index >= 15 is 0 Å². The molecule has 0 atom stereocenters. The monoisotopic (exact) mass is 263 g/mol.